The fourth-order valence-electron chi connectivity index (χ4n) is 3.04. The van der Waals surface area contributed by atoms with Gasteiger partial charge in [0.25, 0.3) is 5.69 Å². The molecule has 1 aromatic heterocycles. The van der Waals surface area contributed by atoms with Gasteiger partial charge in [-0.25, -0.2) is 4.79 Å². The number of esters is 1. The predicted octanol–water partition coefficient (Wildman–Crippen LogP) is 4.52. The van der Waals surface area contributed by atoms with Crippen molar-refractivity contribution in [1.82, 2.24) is 9.78 Å². The molecule has 7 heteroatoms. The molecule has 0 unspecified atom stereocenters. The van der Waals surface area contributed by atoms with Gasteiger partial charge in [-0.3, -0.25) is 14.8 Å². The Morgan fingerprint density at radius 3 is 2.33 bits per heavy atom. The summed E-state index contributed by atoms with van der Waals surface area (Å²) in [6, 6.07) is 14.2. The summed E-state index contributed by atoms with van der Waals surface area (Å²) >= 11 is 0. The molecule has 0 saturated heterocycles. The van der Waals surface area contributed by atoms with Crippen molar-refractivity contribution >= 4 is 17.7 Å². The van der Waals surface area contributed by atoms with Gasteiger partial charge in [-0.15, -0.1) is 0 Å². The lowest BCUT2D eigenvalue weighted by Crippen LogP contribution is -2.04. The highest BCUT2D eigenvalue weighted by Gasteiger charge is 2.10. The second-order valence-electron chi connectivity index (χ2n) is 7.09. The molecule has 0 aliphatic heterocycles. The second kappa shape index (κ2) is 9.17. The van der Waals surface area contributed by atoms with E-state index in [2.05, 4.69) is 36.3 Å². The van der Waals surface area contributed by atoms with Crippen molar-refractivity contribution < 1.29 is 14.5 Å². The molecule has 0 saturated carbocycles. The van der Waals surface area contributed by atoms with Crippen LogP contribution in [0.4, 0.5) is 5.69 Å². The van der Waals surface area contributed by atoms with Crippen molar-refractivity contribution in [2.75, 3.05) is 0 Å². The minimum atomic E-state index is -0.488. The van der Waals surface area contributed by atoms with E-state index < -0.39 is 10.9 Å². The number of rotatable bonds is 7. The number of benzene rings is 2. The first kappa shape index (κ1) is 21.0. The second-order valence-corrected chi connectivity index (χ2v) is 7.09. The first-order chi connectivity index (χ1) is 14.3. The van der Waals surface area contributed by atoms with Gasteiger partial charge in [0.05, 0.1) is 17.2 Å². The number of aryl methyl sites for hydroxylation is 2. The van der Waals surface area contributed by atoms with Crippen LogP contribution in [0, 0.1) is 30.9 Å². The number of carbonyl (C=O) groups is 1. The number of nitrogens with zero attached hydrogens (tertiary/aromatic N) is 3. The van der Waals surface area contributed by atoms with E-state index in [1.54, 1.807) is 18.2 Å². The van der Waals surface area contributed by atoms with Gasteiger partial charge in [0.2, 0.25) is 0 Å². The molecule has 0 aliphatic rings. The molecule has 0 fully saturated rings. The number of hydrogen-bond acceptors (Lipinski definition) is 5. The van der Waals surface area contributed by atoms with Crippen molar-refractivity contribution in [3.05, 3.63) is 98.4 Å². The largest absolute Gasteiger partial charge is 0.458 e. The van der Waals surface area contributed by atoms with Gasteiger partial charge in [0, 0.05) is 29.5 Å². The van der Waals surface area contributed by atoms with Crippen LogP contribution in [0.1, 0.15) is 33.6 Å². The standard InChI is InChI=1S/C23H23N3O4/c1-16-4-6-19(7-5-16)14-25-18(3)22(17(2)24-25)12-13-23(27)30-15-20-8-10-21(11-9-20)26(28)29/h4-13H,14-15H2,1-3H3. The van der Waals surface area contributed by atoms with Crippen LogP contribution < -0.4 is 0 Å². The van der Waals surface area contributed by atoms with Gasteiger partial charge in [0.15, 0.2) is 0 Å². The Morgan fingerprint density at radius 1 is 1.07 bits per heavy atom. The summed E-state index contributed by atoms with van der Waals surface area (Å²) in [6.45, 7) is 6.63. The Morgan fingerprint density at radius 2 is 1.70 bits per heavy atom. The molecule has 2 aromatic carbocycles. The van der Waals surface area contributed by atoms with E-state index in [0.717, 1.165) is 22.5 Å². The monoisotopic (exact) mass is 405 g/mol. The minimum Gasteiger partial charge on any atom is -0.458 e. The normalized spacial score (nSPS) is 11.0. The van der Waals surface area contributed by atoms with Crippen molar-refractivity contribution in [3.8, 4) is 0 Å². The SMILES string of the molecule is Cc1ccc(Cn2nc(C)c(C=CC(=O)OCc3ccc([N+](=O)[O-])cc3)c2C)cc1. The molecule has 0 bridgehead atoms. The highest BCUT2D eigenvalue weighted by Crippen LogP contribution is 2.17. The summed E-state index contributed by atoms with van der Waals surface area (Å²) in [5.74, 6) is -0.488. The molecule has 3 aromatic rings. The molecule has 1 heterocycles. The third kappa shape index (κ3) is 5.20. The third-order valence-corrected chi connectivity index (χ3v) is 4.80. The van der Waals surface area contributed by atoms with Crippen molar-refractivity contribution in [1.29, 1.82) is 0 Å². The first-order valence-corrected chi connectivity index (χ1v) is 9.51. The molecule has 0 N–H and O–H groups in total. The lowest BCUT2D eigenvalue weighted by molar-refractivity contribution is -0.384. The van der Waals surface area contributed by atoms with Crippen LogP contribution in [0.25, 0.3) is 6.08 Å². The van der Waals surface area contributed by atoms with Gasteiger partial charge in [0.1, 0.15) is 6.61 Å². The summed E-state index contributed by atoms with van der Waals surface area (Å²) in [6.07, 6.45) is 3.08. The van der Waals surface area contributed by atoms with Gasteiger partial charge in [-0.1, -0.05) is 29.8 Å². The van der Waals surface area contributed by atoms with Crippen LogP contribution in [0.15, 0.2) is 54.6 Å². The van der Waals surface area contributed by atoms with E-state index in [9.17, 15) is 14.9 Å². The molecular weight excluding hydrogens is 382 g/mol. The van der Waals surface area contributed by atoms with E-state index in [0.29, 0.717) is 12.1 Å². The summed E-state index contributed by atoms with van der Waals surface area (Å²) in [5.41, 5.74) is 5.73. The van der Waals surface area contributed by atoms with Crippen LogP contribution in [-0.2, 0) is 22.7 Å². The predicted molar refractivity (Wildman–Crippen MR) is 114 cm³/mol. The Labute approximate surface area is 174 Å². The maximum absolute atomic E-state index is 12.1. The highest BCUT2D eigenvalue weighted by atomic mass is 16.6. The Hall–Kier alpha value is -3.74. The molecule has 3 rings (SSSR count). The lowest BCUT2D eigenvalue weighted by atomic mass is 10.1. The molecule has 30 heavy (non-hydrogen) atoms. The quantitative estimate of drug-likeness (QED) is 0.250. The molecule has 0 spiro atoms. The van der Waals surface area contributed by atoms with Gasteiger partial charge in [-0.05, 0) is 50.1 Å². The zero-order valence-corrected chi connectivity index (χ0v) is 17.2. The number of non-ortho nitro benzene ring substituents is 1. The van der Waals surface area contributed by atoms with Crippen LogP contribution in [0.3, 0.4) is 0 Å². The van der Waals surface area contributed by atoms with Crippen molar-refractivity contribution in [2.45, 2.75) is 33.9 Å². The lowest BCUT2D eigenvalue weighted by Gasteiger charge is -2.05. The molecular formula is C23H23N3O4. The summed E-state index contributed by atoms with van der Waals surface area (Å²) < 4.78 is 7.14. The minimum absolute atomic E-state index is 0.00132. The number of nitro groups is 1. The van der Waals surface area contributed by atoms with E-state index in [-0.39, 0.29) is 12.3 Å². The van der Waals surface area contributed by atoms with Crippen LogP contribution in [-0.4, -0.2) is 20.7 Å². The van der Waals surface area contributed by atoms with Crippen molar-refractivity contribution in [3.63, 3.8) is 0 Å². The van der Waals surface area contributed by atoms with Gasteiger partial charge >= 0.3 is 5.97 Å². The van der Waals surface area contributed by atoms with E-state index in [1.165, 1.54) is 23.8 Å². The van der Waals surface area contributed by atoms with E-state index in [4.69, 9.17) is 4.74 Å². The average molecular weight is 405 g/mol. The first-order valence-electron chi connectivity index (χ1n) is 9.51. The summed E-state index contributed by atoms with van der Waals surface area (Å²) in [5, 5.41) is 15.3. The molecule has 0 radical (unpaired) electrons. The van der Waals surface area contributed by atoms with E-state index in [1.807, 2.05) is 18.5 Å². The topological polar surface area (TPSA) is 87.3 Å². The Kier molecular flexibility index (Phi) is 6.41. The van der Waals surface area contributed by atoms with Crippen LogP contribution >= 0.6 is 0 Å². The Bertz CT molecular complexity index is 1080. The fourth-order valence-corrected chi connectivity index (χ4v) is 3.04. The molecule has 0 aliphatic carbocycles. The number of aromatic nitrogens is 2. The smallest absolute Gasteiger partial charge is 0.331 e. The van der Waals surface area contributed by atoms with Crippen molar-refractivity contribution in [2.24, 2.45) is 0 Å². The maximum Gasteiger partial charge on any atom is 0.331 e. The zero-order chi connectivity index (χ0) is 21.7. The zero-order valence-electron chi connectivity index (χ0n) is 17.2. The van der Waals surface area contributed by atoms with Gasteiger partial charge in [-0.2, -0.15) is 5.10 Å². The van der Waals surface area contributed by atoms with Crippen LogP contribution in [0.2, 0.25) is 0 Å². The summed E-state index contributed by atoms with van der Waals surface area (Å²) in [4.78, 5) is 22.3. The molecule has 0 atom stereocenters. The molecule has 0 amide bonds. The number of ether oxygens (including phenoxy) is 1. The Balaban J connectivity index is 1.62. The average Bonchev–Trinajstić information content (AvgIpc) is 2.99. The number of nitro benzene ring substituents is 1. The van der Waals surface area contributed by atoms with E-state index >= 15 is 0 Å². The fraction of sp³-hybridized carbons (Fsp3) is 0.217. The maximum atomic E-state index is 12.1. The van der Waals surface area contributed by atoms with Gasteiger partial charge < -0.3 is 4.74 Å². The molecule has 154 valence electrons. The third-order valence-electron chi connectivity index (χ3n) is 4.80. The van der Waals surface area contributed by atoms with Crippen LogP contribution in [0.5, 0.6) is 0 Å². The number of carbonyl (C=O) groups excluding carboxylic acids is 1. The number of hydrogen-bond donors (Lipinski definition) is 0. The molecule has 7 nitrogen and oxygen atoms in total. The highest BCUT2D eigenvalue weighted by molar-refractivity contribution is 5.87. The summed E-state index contributed by atoms with van der Waals surface area (Å²) in [7, 11) is 0.